The van der Waals surface area contributed by atoms with E-state index in [4.69, 9.17) is 5.11 Å². The standard InChI is InChI=1S/C8H11N3O2/c1-11-7(8(12)13)5-4-9-3-2-6(5)10-11/h9H,2-4H2,1H3,(H,12,13). The van der Waals surface area contributed by atoms with Crippen molar-refractivity contribution < 1.29 is 9.90 Å². The molecular weight excluding hydrogens is 170 g/mol. The monoisotopic (exact) mass is 181 g/mol. The molecule has 0 saturated carbocycles. The summed E-state index contributed by atoms with van der Waals surface area (Å²) in [5, 5.41) is 16.2. The largest absolute Gasteiger partial charge is 0.477 e. The van der Waals surface area contributed by atoms with Gasteiger partial charge in [-0.2, -0.15) is 5.10 Å². The van der Waals surface area contributed by atoms with Crippen LogP contribution >= 0.6 is 0 Å². The molecule has 0 saturated heterocycles. The minimum Gasteiger partial charge on any atom is -0.477 e. The van der Waals surface area contributed by atoms with Crippen molar-refractivity contribution in [2.75, 3.05) is 6.54 Å². The van der Waals surface area contributed by atoms with Gasteiger partial charge in [0, 0.05) is 32.1 Å². The van der Waals surface area contributed by atoms with Gasteiger partial charge in [-0.25, -0.2) is 4.79 Å². The van der Waals surface area contributed by atoms with E-state index in [0.29, 0.717) is 12.2 Å². The minimum absolute atomic E-state index is 0.308. The first kappa shape index (κ1) is 8.25. The Balaban J connectivity index is 2.54. The highest BCUT2D eigenvalue weighted by Crippen LogP contribution is 2.16. The van der Waals surface area contributed by atoms with Gasteiger partial charge in [-0.3, -0.25) is 4.68 Å². The number of nitrogens with one attached hydrogen (secondary N) is 1. The van der Waals surface area contributed by atoms with Crippen LogP contribution in [0, 0.1) is 0 Å². The molecule has 0 bridgehead atoms. The van der Waals surface area contributed by atoms with Crippen LogP contribution in [0.5, 0.6) is 0 Å². The van der Waals surface area contributed by atoms with Crippen molar-refractivity contribution in [3.05, 3.63) is 17.0 Å². The second-order valence-corrected chi connectivity index (χ2v) is 3.13. The van der Waals surface area contributed by atoms with Crippen LogP contribution in [-0.4, -0.2) is 27.4 Å². The van der Waals surface area contributed by atoms with Crippen LogP contribution in [0.15, 0.2) is 0 Å². The van der Waals surface area contributed by atoms with Gasteiger partial charge < -0.3 is 10.4 Å². The normalized spacial score (nSPS) is 15.5. The fourth-order valence-electron chi connectivity index (χ4n) is 1.70. The molecule has 1 aromatic rings. The average molecular weight is 181 g/mol. The summed E-state index contributed by atoms with van der Waals surface area (Å²) in [5.41, 5.74) is 2.06. The zero-order valence-electron chi connectivity index (χ0n) is 7.37. The number of rotatable bonds is 1. The zero-order chi connectivity index (χ0) is 9.42. The second-order valence-electron chi connectivity index (χ2n) is 3.13. The summed E-state index contributed by atoms with van der Waals surface area (Å²) in [7, 11) is 1.67. The molecule has 70 valence electrons. The number of aryl methyl sites for hydroxylation is 1. The molecule has 0 radical (unpaired) electrons. The SMILES string of the molecule is Cn1nc2c(c1C(=O)O)CNCC2. The van der Waals surface area contributed by atoms with Crippen molar-refractivity contribution in [1.29, 1.82) is 0 Å². The molecule has 0 aromatic carbocycles. The highest BCUT2D eigenvalue weighted by molar-refractivity contribution is 5.87. The lowest BCUT2D eigenvalue weighted by molar-refractivity contribution is 0.0683. The maximum absolute atomic E-state index is 10.9. The number of carboxylic acid groups (broad SMARTS) is 1. The zero-order valence-corrected chi connectivity index (χ0v) is 7.37. The summed E-state index contributed by atoms with van der Waals surface area (Å²) in [6.45, 7) is 1.49. The van der Waals surface area contributed by atoms with Crippen LogP contribution in [0.4, 0.5) is 0 Å². The van der Waals surface area contributed by atoms with Gasteiger partial charge in [-0.05, 0) is 0 Å². The second kappa shape index (κ2) is 2.85. The first-order valence-electron chi connectivity index (χ1n) is 4.19. The van der Waals surface area contributed by atoms with Crippen molar-refractivity contribution in [2.45, 2.75) is 13.0 Å². The molecule has 2 heterocycles. The van der Waals surface area contributed by atoms with E-state index in [1.165, 1.54) is 4.68 Å². The Morgan fingerprint density at radius 3 is 3.15 bits per heavy atom. The number of aromatic nitrogens is 2. The van der Waals surface area contributed by atoms with Crippen LogP contribution in [0.2, 0.25) is 0 Å². The fourth-order valence-corrected chi connectivity index (χ4v) is 1.70. The van der Waals surface area contributed by atoms with Gasteiger partial charge in [0.1, 0.15) is 0 Å². The Morgan fingerprint density at radius 2 is 2.46 bits per heavy atom. The fraction of sp³-hybridized carbons (Fsp3) is 0.500. The van der Waals surface area contributed by atoms with E-state index in [9.17, 15) is 4.79 Å². The van der Waals surface area contributed by atoms with Gasteiger partial charge in [0.2, 0.25) is 0 Å². The van der Waals surface area contributed by atoms with Crippen LogP contribution < -0.4 is 5.32 Å². The molecule has 13 heavy (non-hydrogen) atoms. The molecule has 5 heteroatoms. The molecule has 5 nitrogen and oxygen atoms in total. The predicted octanol–water partition coefficient (Wildman–Crippen LogP) is -0.236. The lowest BCUT2D eigenvalue weighted by Crippen LogP contribution is -2.24. The lowest BCUT2D eigenvalue weighted by atomic mass is 10.1. The van der Waals surface area contributed by atoms with E-state index in [0.717, 1.165) is 24.2 Å². The maximum Gasteiger partial charge on any atom is 0.354 e. The Bertz CT molecular complexity index is 357. The molecule has 0 unspecified atom stereocenters. The summed E-state index contributed by atoms with van der Waals surface area (Å²) in [4.78, 5) is 10.9. The molecule has 0 aliphatic carbocycles. The maximum atomic E-state index is 10.9. The van der Waals surface area contributed by atoms with Crippen LogP contribution in [0.1, 0.15) is 21.7 Å². The van der Waals surface area contributed by atoms with E-state index >= 15 is 0 Å². The van der Waals surface area contributed by atoms with Crippen molar-refractivity contribution in [1.82, 2.24) is 15.1 Å². The predicted molar refractivity (Wildman–Crippen MR) is 45.6 cm³/mol. The van der Waals surface area contributed by atoms with Gasteiger partial charge in [0.15, 0.2) is 5.69 Å². The van der Waals surface area contributed by atoms with Crippen LogP contribution in [0.25, 0.3) is 0 Å². The number of carbonyl (C=O) groups is 1. The molecule has 2 rings (SSSR count). The number of fused-ring (bicyclic) bond motifs is 1. The molecule has 1 aromatic heterocycles. The molecule has 2 N–H and O–H groups in total. The van der Waals surface area contributed by atoms with Crippen LogP contribution in [-0.2, 0) is 20.0 Å². The molecular formula is C8H11N3O2. The van der Waals surface area contributed by atoms with Crippen LogP contribution in [0.3, 0.4) is 0 Å². The topological polar surface area (TPSA) is 67.2 Å². The average Bonchev–Trinajstić information content (AvgIpc) is 2.39. The number of hydrogen-bond donors (Lipinski definition) is 2. The molecule has 0 atom stereocenters. The summed E-state index contributed by atoms with van der Waals surface area (Å²) in [6.07, 6.45) is 0.816. The molecule has 1 aliphatic heterocycles. The third-order valence-corrected chi connectivity index (χ3v) is 2.27. The van der Waals surface area contributed by atoms with Gasteiger partial charge >= 0.3 is 5.97 Å². The van der Waals surface area contributed by atoms with Crippen molar-refractivity contribution in [3.63, 3.8) is 0 Å². The number of nitrogens with zero attached hydrogens (tertiary/aromatic N) is 2. The molecule has 0 fully saturated rings. The van der Waals surface area contributed by atoms with E-state index in [-0.39, 0.29) is 0 Å². The minimum atomic E-state index is -0.903. The van der Waals surface area contributed by atoms with Gasteiger partial charge in [0.25, 0.3) is 0 Å². The van der Waals surface area contributed by atoms with E-state index in [1.807, 2.05) is 0 Å². The van der Waals surface area contributed by atoms with E-state index in [1.54, 1.807) is 7.05 Å². The summed E-state index contributed by atoms with van der Waals surface area (Å²) in [5.74, 6) is -0.903. The quantitative estimate of drug-likeness (QED) is 0.627. The van der Waals surface area contributed by atoms with E-state index in [2.05, 4.69) is 10.4 Å². The first-order chi connectivity index (χ1) is 6.20. The third kappa shape index (κ3) is 1.21. The van der Waals surface area contributed by atoms with E-state index < -0.39 is 5.97 Å². The summed E-state index contributed by atoms with van der Waals surface area (Å²) in [6, 6.07) is 0. The number of aromatic carboxylic acids is 1. The molecule has 1 aliphatic rings. The lowest BCUT2D eigenvalue weighted by Gasteiger charge is -2.11. The smallest absolute Gasteiger partial charge is 0.354 e. The summed E-state index contributed by atoms with van der Waals surface area (Å²) >= 11 is 0. The van der Waals surface area contributed by atoms with Gasteiger partial charge in [0.05, 0.1) is 5.69 Å². The Kier molecular flexibility index (Phi) is 1.81. The highest BCUT2D eigenvalue weighted by Gasteiger charge is 2.22. The summed E-state index contributed by atoms with van der Waals surface area (Å²) < 4.78 is 1.44. The Hall–Kier alpha value is -1.36. The Morgan fingerprint density at radius 1 is 1.69 bits per heavy atom. The van der Waals surface area contributed by atoms with Gasteiger partial charge in [-0.15, -0.1) is 0 Å². The molecule has 0 amide bonds. The van der Waals surface area contributed by atoms with Crippen molar-refractivity contribution in [2.24, 2.45) is 7.05 Å². The van der Waals surface area contributed by atoms with Crippen molar-refractivity contribution >= 4 is 5.97 Å². The number of hydrogen-bond acceptors (Lipinski definition) is 3. The first-order valence-corrected chi connectivity index (χ1v) is 4.19. The Labute approximate surface area is 75.4 Å². The number of carboxylic acids is 1. The third-order valence-electron chi connectivity index (χ3n) is 2.27. The highest BCUT2D eigenvalue weighted by atomic mass is 16.4. The van der Waals surface area contributed by atoms with Gasteiger partial charge in [-0.1, -0.05) is 0 Å². The van der Waals surface area contributed by atoms with Crippen molar-refractivity contribution in [3.8, 4) is 0 Å². The molecule has 0 spiro atoms.